The lowest BCUT2D eigenvalue weighted by atomic mass is 9.93. The summed E-state index contributed by atoms with van der Waals surface area (Å²) in [7, 11) is 1.66. The van der Waals surface area contributed by atoms with Crippen LogP contribution in [0.5, 0.6) is 0 Å². The van der Waals surface area contributed by atoms with Gasteiger partial charge in [-0.15, -0.1) is 11.3 Å². The van der Waals surface area contributed by atoms with Gasteiger partial charge in [0.05, 0.1) is 11.5 Å². The fourth-order valence-electron chi connectivity index (χ4n) is 4.23. The highest BCUT2D eigenvalue weighted by Gasteiger charge is 2.31. The number of nitrogens with one attached hydrogen (secondary N) is 1. The van der Waals surface area contributed by atoms with Crippen molar-refractivity contribution < 1.29 is 9.53 Å². The second-order valence-electron chi connectivity index (χ2n) is 7.95. The number of likely N-dealkylation sites (tertiary alicyclic amines) is 1. The first-order chi connectivity index (χ1) is 13.3. The highest BCUT2D eigenvalue weighted by Crippen LogP contribution is 2.36. The Morgan fingerprint density at radius 2 is 2.11 bits per heavy atom. The number of thiophene rings is 1. The van der Waals surface area contributed by atoms with Gasteiger partial charge in [0.2, 0.25) is 0 Å². The third kappa shape index (κ3) is 4.53. The van der Waals surface area contributed by atoms with Gasteiger partial charge in [-0.05, 0) is 61.6 Å². The zero-order chi connectivity index (χ0) is 18.6. The summed E-state index contributed by atoms with van der Waals surface area (Å²) in [5, 5.41) is 4.29. The molecule has 1 aliphatic heterocycles. The van der Waals surface area contributed by atoms with Gasteiger partial charge in [-0.2, -0.15) is 0 Å². The van der Waals surface area contributed by atoms with E-state index < -0.39 is 0 Å². The predicted octanol–water partition coefficient (Wildman–Crippen LogP) is 4.08. The Bertz CT molecular complexity index is 784. The summed E-state index contributed by atoms with van der Waals surface area (Å²) in [4.78, 5) is 16.5. The molecule has 5 heteroatoms. The monoisotopic (exact) mass is 386 g/mol. The molecule has 1 aliphatic carbocycles. The minimum atomic E-state index is 0.0489. The molecule has 1 aromatic carbocycles. The van der Waals surface area contributed by atoms with Crippen LogP contribution in [0.1, 0.15) is 47.3 Å². The molecule has 1 amide bonds. The lowest BCUT2D eigenvalue weighted by Gasteiger charge is -2.36. The number of piperidine rings is 1. The van der Waals surface area contributed by atoms with Crippen LogP contribution in [0, 0.1) is 5.92 Å². The van der Waals surface area contributed by atoms with E-state index in [9.17, 15) is 4.79 Å². The lowest BCUT2D eigenvalue weighted by molar-refractivity contribution is 0.0939. The second kappa shape index (κ2) is 8.72. The van der Waals surface area contributed by atoms with Crippen molar-refractivity contribution in [2.75, 3.05) is 33.4 Å². The summed E-state index contributed by atoms with van der Waals surface area (Å²) in [6, 6.07) is 9.05. The number of fused-ring (bicyclic) bond motifs is 1. The van der Waals surface area contributed by atoms with E-state index in [2.05, 4.69) is 34.5 Å². The van der Waals surface area contributed by atoms with Gasteiger partial charge in [-0.25, -0.2) is 0 Å². The summed E-state index contributed by atoms with van der Waals surface area (Å²) in [6.45, 7) is 3.57. The molecule has 1 saturated heterocycles. The number of carbonyl (C=O) groups is 1. The van der Waals surface area contributed by atoms with Gasteiger partial charge in [0.1, 0.15) is 0 Å². The Morgan fingerprint density at radius 3 is 2.93 bits per heavy atom. The van der Waals surface area contributed by atoms with Crippen molar-refractivity contribution in [2.45, 2.75) is 44.6 Å². The highest BCUT2D eigenvalue weighted by molar-refractivity contribution is 7.21. The van der Waals surface area contributed by atoms with Crippen molar-refractivity contribution >= 4 is 27.3 Å². The number of amides is 1. The van der Waals surface area contributed by atoms with Crippen molar-refractivity contribution in [3.05, 3.63) is 34.7 Å². The van der Waals surface area contributed by atoms with E-state index in [4.69, 9.17) is 4.74 Å². The van der Waals surface area contributed by atoms with Gasteiger partial charge in [-0.3, -0.25) is 9.69 Å². The average Bonchev–Trinajstić information content (AvgIpc) is 3.43. The number of nitrogens with zero attached hydrogens (tertiary/aromatic N) is 1. The molecule has 0 spiro atoms. The maximum Gasteiger partial charge on any atom is 0.261 e. The molecule has 2 aromatic rings. The topological polar surface area (TPSA) is 41.6 Å². The van der Waals surface area contributed by atoms with Crippen molar-refractivity contribution in [3.63, 3.8) is 0 Å². The maximum absolute atomic E-state index is 12.9. The summed E-state index contributed by atoms with van der Waals surface area (Å²) < 4.78 is 6.29. The predicted molar refractivity (Wildman–Crippen MR) is 112 cm³/mol. The van der Waals surface area contributed by atoms with Gasteiger partial charge in [0, 0.05) is 30.9 Å². The molecule has 2 heterocycles. The summed E-state index contributed by atoms with van der Waals surface area (Å²) in [5.41, 5.74) is 1.25. The van der Waals surface area contributed by atoms with Crippen molar-refractivity contribution in [1.29, 1.82) is 0 Å². The Morgan fingerprint density at radius 1 is 1.26 bits per heavy atom. The SMILES string of the molecule is COCCNC(=O)c1sc2ccccc2c1CC1CCCCN1CC1CC1. The first-order valence-electron chi connectivity index (χ1n) is 10.3. The van der Waals surface area contributed by atoms with Gasteiger partial charge >= 0.3 is 0 Å². The van der Waals surface area contributed by atoms with Crippen LogP contribution in [0.2, 0.25) is 0 Å². The molecular formula is C22H30N2O2S. The number of benzene rings is 1. The largest absolute Gasteiger partial charge is 0.383 e. The Labute approximate surface area is 165 Å². The molecule has 0 radical (unpaired) electrons. The normalized spacial score (nSPS) is 20.9. The van der Waals surface area contributed by atoms with E-state index in [-0.39, 0.29) is 5.91 Å². The molecule has 1 atom stereocenters. The third-order valence-electron chi connectivity index (χ3n) is 5.87. The summed E-state index contributed by atoms with van der Waals surface area (Å²) in [6.07, 6.45) is 7.67. The van der Waals surface area contributed by atoms with E-state index >= 15 is 0 Å². The van der Waals surface area contributed by atoms with Gasteiger partial charge in [0.15, 0.2) is 0 Å². The van der Waals surface area contributed by atoms with E-state index in [1.807, 2.05) is 0 Å². The molecule has 2 aliphatic rings. The average molecular weight is 387 g/mol. The smallest absolute Gasteiger partial charge is 0.261 e. The molecule has 4 rings (SSSR count). The minimum absolute atomic E-state index is 0.0489. The summed E-state index contributed by atoms with van der Waals surface area (Å²) in [5.74, 6) is 0.967. The van der Waals surface area contributed by atoms with E-state index in [1.54, 1.807) is 18.4 Å². The van der Waals surface area contributed by atoms with Crippen LogP contribution < -0.4 is 5.32 Å². The van der Waals surface area contributed by atoms with Gasteiger partial charge in [-0.1, -0.05) is 24.6 Å². The fraction of sp³-hybridized carbons (Fsp3) is 0.591. The van der Waals surface area contributed by atoms with Crippen LogP contribution >= 0.6 is 11.3 Å². The van der Waals surface area contributed by atoms with Crippen LogP contribution in [0.15, 0.2) is 24.3 Å². The van der Waals surface area contributed by atoms with Crippen molar-refractivity contribution in [1.82, 2.24) is 10.2 Å². The number of rotatable bonds is 8. The Hall–Kier alpha value is -1.43. The van der Waals surface area contributed by atoms with Gasteiger partial charge in [0.25, 0.3) is 5.91 Å². The van der Waals surface area contributed by atoms with Crippen LogP contribution in [0.25, 0.3) is 10.1 Å². The van der Waals surface area contributed by atoms with Crippen molar-refractivity contribution in [2.24, 2.45) is 5.92 Å². The molecule has 1 N–H and O–H groups in total. The third-order valence-corrected chi connectivity index (χ3v) is 7.09. The Balaban J connectivity index is 1.58. The van der Waals surface area contributed by atoms with E-state index in [0.29, 0.717) is 19.2 Å². The summed E-state index contributed by atoms with van der Waals surface area (Å²) >= 11 is 1.63. The number of hydrogen-bond donors (Lipinski definition) is 1. The highest BCUT2D eigenvalue weighted by atomic mass is 32.1. The number of ether oxygens (including phenoxy) is 1. The van der Waals surface area contributed by atoms with Crippen LogP contribution in [0.3, 0.4) is 0 Å². The molecule has 1 aromatic heterocycles. The van der Waals surface area contributed by atoms with Crippen LogP contribution in [-0.2, 0) is 11.2 Å². The first-order valence-corrected chi connectivity index (χ1v) is 11.1. The Kier molecular flexibility index (Phi) is 6.11. The lowest BCUT2D eigenvalue weighted by Crippen LogP contribution is -2.42. The number of carbonyl (C=O) groups excluding carboxylic acids is 1. The molecule has 27 heavy (non-hydrogen) atoms. The molecule has 1 saturated carbocycles. The maximum atomic E-state index is 12.9. The van der Waals surface area contributed by atoms with E-state index in [1.165, 1.54) is 60.8 Å². The zero-order valence-electron chi connectivity index (χ0n) is 16.2. The number of methoxy groups -OCH3 is 1. The molecule has 0 bridgehead atoms. The molecule has 146 valence electrons. The molecule has 4 nitrogen and oxygen atoms in total. The van der Waals surface area contributed by atoms with Gasteiger partial charge < -0.3 is 10.1 Å². The minimum Gasteiger partial charge on any atom is -0.383 e. The number of hydrogen-bond acceptors (Lipinski definition) is 4. The van der Waals surface area contributed by atoms with Crippen molar-refractivity contribution in [3.8, 4) is 0 Å². The van der Waals surface area contributed by atoms with Crippen LogP contribution in [0.4, 0.5) is 0 Å². The zero-order valence-corrected chi connectivity index (χ0v) is 17.0. The standard InChI is InChI=1S/C22H30N2O2S/c1-26-13-11-23-22(25)21-19(18-7-2-3-8-20(18)27-21)14-17-6-4-5-12-24(17)15-16-9-10-16/h2-3,7-8,16-17H,4-6,9-15H2,1H3,(H,23,25). The molecule has 2 fully saturated rings. The first kappa shape index (κ1) is 18.9. The second-order valence-corrected chi connectivity index (χ2v) is 9.00. The van der Waals surface area contributed by atoms with Crippen LogP contribution in [-0.4, -0.2) is 50.2 Å². The van der Waals surface area contributed by atoms with E-state index in [0.717, 1.165) is 17.2 Å². The quantitative estimate of drug-likeness (QED) is 0.695. The molecular weight excluding hydrogens is 356 g/mol. The molecule has 1 unspecified atom stereocenters. The fourth-order valence-corrected chi connectivity index (χ4v) is 5.38.